The van der Waals surface area contributed by atoms with E-state index in [1.807, 2.05) is 6.07 Å². The van der Waals surface area contributed by atoms with Gasteiger partial charge in [0.25, 0.3) is 0 Å². The van der Waals surface area contributed by atoms with E-state index in [0.717, 1.165) is 16.8 Å². The number of benzene rings is 1. The number of hydrogen-bond acceptors (Lipinski definition) is 7. The molecular formula is C20H18FN5O2. The number of nitrogen functional groups attached to an aromatic ring is 2. The van der Waals surface area contributed by atoms with Gasteiger partial charge in [0.2, 0.25) is 5.88 Å². The Morgan fingerprint density at radius 3 is 2.79 bits per heavy atom. The Labute approximate surface area is 160 Å². The number of oxime groups is 1. The summed E-state index contributed by atoms with van der Waals surface area (Å²) >= 11 is 0. The average Bonchev–Trinajstić information content (AvgIpc) is 3.11. The molecule has 3 aromatic rings. The van der Waals surface area contributed by atoms with E-state index in [-0.39, 0.29) is 11.9 Å². The summed E-state index contributed by atoms with van der Waals surface area (Å²) in [6.45, 7) is 0. The number of pyridine rings is 2. The number of anilines is 2. The van der Waals surface area contributed by atoms with Crippen LogP contribution in [0, 0.1) is 5.82 Å². The first-order valence-corrected chi connectivity index (χ1v) is 8.68. The molecule has 1 aliphatic heterocycles. The van der Waals surface area contributed by atoms with Gasteiger partial charge in [0.05, 0.1) is 5.71 Å². The van der Waals surface area contributed by atoms with Crippen LogP contribution >= 0.6 is 0 Å². The molecule has 1 aliphatic rings. The fourth-order valence-corrected chi connectivity index (χ4v) is 2.93. The van der Waals surface area contributed by atoms with Gasteiger partial charge in [-0.3, -0.25) is 0 Å². The van der Waals surface area contributed by atoms with E-state index < -0.39 is 0 Å². The number of nitrogens with zero attached hydrogens (tertiary/aromatic N) is 3. The zero-order valence-electron chi connectivity index (χ0n) is 14.9. The van der Waals surface area contributed by atoms with Crippen LogP contribution in [-0.4, -0.2) is 15.7 Å². The summed E-state index contributed by atoms with van der Waals surface area (Å²) in [7, 11) is 0. The topological polar surface area (TPSA) is 109 Å². The summed E-state index contributed by atoms with van der Waals surface area (Å²) in [5.74, 6) is 1.14. The van der Waals surface area contributed by atoms with Crippen molar-refractivity contribution in [1.82, 2.24) is 9.97 Å². The molecule has 2 aromatic heterocycles. The minimum absolute atomic E-state index is 0.272. The summed E-state index contributed by atoms with van der Waals surface area (Å²) in [5, 5.41) is 4.15. The van der Waals surface area contributed by atoms with Gasteiger partial charge in [0.1, 0.15) is 23.2 Å². The molecule has 0 amide bonds. The van der Waals surface area contributed by atoms with E-state index >= 15 is 0 Å². The number of nitrogens with two attached hydrogens (primary N) is 2. The lowest BCUT2D eigenvalue weighted by Gasteiger charge is -2.11. The first-order chi connectivity index (χ1) is 13.6. The van der Waals surface area contributed by atoms with Crippen molar-refractivity contribution in [2.75, 3.05) is 11.5 Å². The maximum absolute atomic E-state index is 13.2. The van der Waals surface area contributed by atoms with Gasteiger partial charge >= 0.3 is 0 Å². The van der Waals surface area contributed by atoms with Gasteiger partial charge in [0.15, 0.2) is 6.10 Å². The zero-order valence-corrected chi connectivity index (χ0v) is 14.9. The summed E-state index contributed by atoms with van der Waals surface area (Å²) < 4.78 is 18.8. The monoisotopic (exact) mass is 379 g/mol. The molecule has 3 heterocycles. The van der Waals surface area contributed by atoms with Crippen LogP contribution in [0.25, 0.3) is 0 Å². The van der Waals surface area contributed by atoms with Crippen molar-refractivity contribution in [1.29, 1.82) is 0 Å². The fraction of sp³-hybridized carbons (Fsp3) is 0.150. The first kappa shape index (κ1) is 17.7. The Kier molecular flexibility index (Phi) is 4.76. The van der Waals surface area contributed by atoms with E-state index in [1.165, 1.54) is 12.1 Å². The van der Waals surface area contributed by atoms with Gasteiger partial charge in [0, 0.05) is 36.7 Å². The van der Waals surface area contributed by atoms with Gasteiger partial charge in [-0.1, -0.05) is 17.3 Å². The number of rotatable bonds is 5. The molecule has 142 valence electrons. The molecule has 8 heteroatoms. The summed E-state index contributed by atoms with van der Waals surface area (Å²) in [4.78, 5) is 13.8. The predicted molar refractivity (Wildman–Crippen MR) is 103 cm³/mol. The van der Waals surface area contributed by atoms with Gasteiger partial charge in [-0.15, -0.1) is 0 Å². The third kappa shape index (κ3) is 4.01. The van der Waals surface area contributed by atoms with Crippen LogP contribution in [0.5, 0.6) is 11.6 Å². The largest absolute Gasteiger partial charge is 0.439 e. The van der Waals surface area contributed by atoms with Crippen molar-refractivity contribution >= 4 is 17.3 Å². The quantitative estimate of drug-likeness (QED) is 0.701. The molecule has 0 bridgehead atoms. The molecule has 1 aromatic carbocycles. The Hall–Kier alpha value is -3.68. The number of ether oxygens (including phenoxy) is 1. The van der Waals surface area contributed by atoms with Crippen LogP contribution in [0.4, 0.5) is 16.0 Å². The molecule has 1 atom stereocenters. The zero-order chi connectivity index (χ0) is 19.5. The highest BCUT2D eigenvalue weighted by molar-refractivity contribution is 5.87. The van der Waals surface area contributed by atoms with Crippen molar-refractivity contribution in [2.45, 2.75) is 18.9 Å². The lowest BCUT2D eigenvalue weighted by Crippen LogP contribution is -2.07. The Morgan fingerprint density at radius 1 is 1.14 bits per heavy atom. The number of hydrogen-bond donors (Lipinski definition) is 2. The Balaban J connectivity index is 1.37. The molecule has 0 fully saturated rings. The van der Waals surface area contributed by atoms with Crippen LogP contribution in [0.2, 0.25) is 0 Å². The SMILES string of the molecule is Nc1ccc(C2CC(Cc3ccc(Oc4cccc(F)c4)nc3)=NO2)c(N)n1. The van der Waals surface area contributed by atoms with Crippen molar-refractivity contribution in [3.8, 4) is 11.6 Å². The van der Waals surface area contributed by atoms with Crippen molar-refractivity contribution in [3.63, 3.8) is 0 Å². The standard InChI is InChI=1S/C20H18FN5O2/c21-13-2-1-3-15(9-13)27-19-7-4-12(11-24-19)8-14-10-17(28-26-14)16-5-6-18(22)25-20(16)23/h1-7,9,11,17H,8,10H2,(H4,22,23,25). The normalized spacial score (nSPS) is 15.8. The minimum atomic E-state index is -0.361. The maximum atomic E-state index is 13.2. The highest BCUT2D eigenvalue weighted by Gasteiger charge is 2.25. The molecule has 28 heavy (non-hydrogen) atoms. The fourth-order valence-electron chi connectivity index (χ4n) is 2.93. The van der Waals surface area contributed by atoms with Crippen LogP contribution < -0.4 is 16.2 Å². The molecule has 0 spiro atoms. The van der Waals surface area contributed by atoms with Gasteiger partial charge in [-0.05, 0) is 29.8 Å². The van der Waals surface area contributed by atoms with Gasteiger partial charge in [-0.25, -0.2) is 14.4 Å². The second kappa shape index (κ2) is 7.51. The van der Waals surface area contributed by atoms with Gasteiger partial charge < -0.3 is 21.0 Å². The van der Waals surface area contributed by atoms with Crippen molar-refractivity contribution in [3.05, 3.63) is 71.7 Å². The molecule has 4 N–H and O–H groups in total. The van der Waals surface area contributed by atoms with Crippen molar-refractivity contribution < 1.29 is 14.0 Å². The summed E-state index contributed by atoms with van der Waals surface area (Å²) in [6.07, 6.45) is 2.62. The second-order valence-corrected chi connectivity index (χ2v) is 6.41. The van der Waals surface area contributed by atoms with Crippen LogP contribution in [0.1, 0.15) is 23.7 Å². The summed E-state index contributed by atoms with van der Waals surface area (Å²) in [6, 6.07) is 13.0. The van der Waals surface area contributed by atoms with Crippen LogP contribution in [0.3, 0.4) is 0 Å². The van der Waals surface area contributed by atoms with Crippen LogP contribution in [-0.2, 0) is 11.3 Å². The first-order valence-electron chi connectivity index (χ1n) is 8.68. The van der Waals surface area contributed by atoms with Crippen LogP contribution in [0.15, 0.2) is 59.9 Å². The molecule has 0 aliphatic carbocycles. The molecular weight excluding hydrogens is 361 g/mol. The van der Waals surface area contributed by atoms with E-state index in [0.29, 0.717) is 36.1 Å². The Bertz CT molecular complexity index is 1020. The molecule has 0 saturated carbocycles. The second-order valence-electron chi connectivity index (χ2n) is 6.41. The van der Waals surface area contributed by atoms with Gasteiger partial charge in [-0.2, -0.15) is 0 Å². The Morgan fingerprint density at radius 2 is 2.04 bits per heavy atom. The lowest BCUT2D eigenvalue weighted by atomic mass is 10.0. The smallest absolute Gasteiger partial charge is 0.219 e. The molecule has 7 nitrogen and oxygen atoms in total. The highest BCUT2D eigenvalue weighted by Crippen LogP contribution is 2.31. The minimum Gasteiger partial charge on any atom is -0.439 e. The lowest BCUT2D eigenvalue weighted by molar-refractivity contribution is 0.0860. The van der Waals surface area contributed by atoms with E-state index in [1.54, 1.807) is 36.5 Å². The number of aromatic nitrogens is 2. The van der Waals surface area contributed by atoms with Crippen molar-refractivity contribution in [2.24, 2.45) is 5.16 Å². The van der Waals surface area contributed by atoms with E-state index in [4.69, 9.17) is 21.0 Å². The number of halogens is 1. The molecule has 0 radical (unpaired) electrons. The summed E-state index contributed by atoms with van der Waals surface area (Å²) in [5.41, 5.74) is 14.1. The van der Waals surface area contributed by atoms with E-state index in [2.05, 4.69) is 15.1 Å². The highest BCUT2D eigenvalue weighted by atomic mass is 19.1. The third-order valence-electron chi connectivity index (χ3n) is 4.28. The molecule has 4 rings (SSSR count). The maximum Gasteiger partial charge on any atom is 0.219 e. The van der Waals surface area contributed by atoms with E-state index in [9.17, 15) is 4.39 Å². The molecule has 1 unspecified atom stereocenters. The molecule has 0 saturated heterocycles. The average molecular weight is 379 g/mol. The third-order valence-corrected chi connectivity index (χ3v) is 4.28. The predicted octanol–water partition coefficient (Wildman–Crippen LogP) is 3.63.